The predicted octanol–water partition coefficient (Wildman–Crippen LogP) is 6.60. The second-order valence-electron chi connectivity index (χ2n) is 9.11. The molecule has 4 aromatic rings. The van der Waals surface area contributed by atoms with E-state index in [0.717, 1.165) is 17.7 Å². The molecule has 3 aromatic carbocycles. The van der Waals surface area contributed by atoms with E-state index in [0.29, 0.717) is 36.0 Å². The lowest BCUT2D eigenvalue weighted by molar-refractivity contribution is -0.137. The van der Waals surface area contributed by atoms with E-state index in [9.17, 15) is 26.4 Å². The largest absolute Gasteiger partial charge is 0.457 e. The minimum Gasteiger partial charge on any atom is -0.457 e. The summed E-state index contributed by atoms with van der Waals surface area (Å²) in [6, 6.07) is 19.0. The number of nitrogens with zero attached hydrogens (tertiary/aromatic N) is 1. The van der Waals surface area contributed by atoms with E-state index in [1.807, 2.05) is 6.07 Å². The maximum atomic E-state index is 13.3. The maximum absolute atomic E-state index is 13.3. The molecule has 5 rings (SSSR count). The van der Waals surface area contributed by atoms with Crippen LogP contribution in [0.1, 0.15) is 30.4 Å². The van der Waals surface area contributed by atoms with Gasteiger partial charge in [0.2, 0.25) is 5.09 Å². The van der Waals surface area contributed by atoms with Crippen molar-refractivity contribution in [2.24, 2.45) is 0 Å². The summed E-state index contributed by atoms with van der Waals surface area (Å²) in [4.78, 5) is 13.1. The first-order valence-corrected chi connectivity index (χ1v) is 13.5. The minimum absolute atomic E-state index is 0.126. The average molecular weight is 544 g/mol. The highest BCUT2D eigenvalue weighted by Gasteiger charge is 2.40. The molecule has 10 heteroatoms. The lowest BCUT2D eigenvalue weighted by Gasteiger charge is -2.21. The molecule has 2 heterocycles. The van der Waals surface area contributed by atoms with Crippen LogP contribution in [0, 0.1) is 0 Å². The third-order valence-corrected chi connectivity index (χ3v) is 8.28. The number of carbonyl (C=O) groups excluding carboxylic acids is 1. The fraction of sp³-hybridized carbons (Fsp3) is 0.250. The number of para-hydroxylation sites is 1. The number of ketones is 1. The molecule has 0 amide bonds. The van der Waals surface area contributed by atoms with Gasteiger partial charge in [-0.05, 0) is 67.3 Å². The van der Waals surface area contributed by atoms with E-state index in [1.54, 1.807) is 42.5 Å². The number of Topliss-reactive ketones (excluding diaryl/α,β-unsaturated/α-hetero) is 1. The molecule has 1 atom stereocenters. The number of fused-ring (bicyclic) bond motifs is 1. The first-order chi connectivity index (χ1) is 18.1. The van der Waals surface area contributed by atoms with Crippen LogP contribution in [0.2, 0.25) is 0 Å². The molecule has 0 radical (unpaired) electrons. The Morgan fingerprint density at radius 1 is 0.974 bits per heavy atom. The van der Waals surface area contributed by atoms with Gasteiger partial charge in [0.15, 0.2) is 5.78 Å². The summed E-state index contributed by atoms with van der Waals surface area (Å²) in [7, 11) is -3.98. The standard InChI is InChI=1S/C28H24F3NO5S/c29-28(30,31)21-11-13-22(14-12-21)36-23-7-3-5-19(17-23)10-15-25(33)24-8-4-16-32(24)38(34,35)27-18-20-6-1-2-9-26(20)37-27/h1-3,5-7,9,11-14,17-18,24H,4,8,10,15-16H2/t24-/m0/s1. The Morgan fingerprint density at radius 2 is 1.74 bits per heavy atom. The number of alkyl halides is 3. The number of ether oxygens (including phenoxy) is 1. The van der Waals surface area contributed by atoms with E-state index in [4.69, 9.17) is 9.15 Å². The molecular weight excluding hydrogens is 519 g/mol. The van der Waals surface area contributed by atoms with Crippen molar-refractivity contribution in [2.75, 3.05) is 6.54 Å². The molecule has 0 aliphatic carbocycles. The number of benzene rings is 3. The summed E-state index contributed by atoms with van der Waals surface area (Å²) in [5, 5.41) is 0.498. The predicted molar refractivity (Wildman–Crippen MR) is 134 cm³/mol. The fourth-order valence-corrected chi connectivity index (χ4v) is 6.23. The maximum Gasteiger partial charge on any atom is 0.416 e. The molecule has 1 fully saturated rings. The SMILES string of the molecule is O=C(CCc1cccc(Oc2ccc(C(F)(F)F)cc2)c1)[C@@H]1CCCN1S(=O)(=O)c1cc2ccccc2o1. The summed E-state index contributed by atoms with van der Waals surface area (Å²) >= 11 is 0. The monoisotopic (exact) mass is 543 g/mol. The van der Waals surface area contributed by atoms with Crippen LogP contribution in [0.3, 0.4) is 0 Å². The molecule has 1 aliphatic heterocycles. The summed E-state index contributed by atoms with van der Waals surface area (Å²) in [6.45, 7) is 0.242. The van der Waals surface area contributed by atoms with Crippen molar-refractivity contribution in [3.8, 4) is 11.5 Å². The average Bonchev–Trinajstić information content (AvgIpc) is 3.56. The molecule has 6 nitrogen and oxygen atoms in total. The first-order valence-electron chi connectivity index (χ1n) is 12.1. The summed E-state index contributed by atoms with van der Waals surface area (Å²) < 4.78 is 77.4. The number of sulfonamides is 1. The molecule has 1 aromatic heterocycles. The summed E-state index contributed by atoms with van der Waals surface area (Å²) in [5.74, 6) is 0.490. The van der Waals surface area contributed by atoms with Crippen molar-refractivity contribution in [3.63, 3.8) is 0 Å². The molecule has 0 N–H and O–H groups in total. The quantitative estimate of drug-likeness (QED) is 0.250. The molecule has 1 aliphatic rings. The van der Waals surface area contributed by atoms with E-state index >= 15 is 0 Å². The Bertz CT molecular complexity index is 1530. The van der Waals surface area contributed by atoms with Crippen LogP contribution >= 0.6 is 0 Å². The van der Waals surface area contributed by atoms with E-state index < -0.39 is 27.8 Å². The van der Waals surface area contributed by atoms with Gasteiger partial charge in [-0.15, -0.1) is 0 Å². The normalized spacial score (nSPS) is 16.7. The van der Waals surface area contributed by atoms with Gasteiger partial charge in [0.25, 0.3) is 10.0 Å². The van der Waals surface area contributed by atoms with Crippen LogP contribution in [0.4, 0.5) is 13.2 Å². The zero-order valence-corrected chi connectivity index (χ0v) is 21.0. The van der Waals surface area contributed by atoms with Gasteiger partial charge < -0.3 is 9.15 Å². The minimum atomic E-state index is -4.43. The third-order valence-electron chi connectivity index (χ3n) is 6.52. The van der Waals surface area contributed by atoms with Crippen molar-refractivity contribution in [2.45, 2.75) is 43.0 Å². The number of carbonyl (C=O) groups is 1. The zero-order chi connectivity index (χ0) is 26.9. The molecule has 0 saturated carbocycles. The second-order valence-corrected chi connectivity index (χ2v) is 10.9. The Kier molecular flexibility index (Phi) is 7.02. The van der Waals surface area contributed by atoms with Crippen LogP contribution in [0.5, 0.6) is 11.5 Å². The van der Waals surface area contributed by atoms with E-state index in [-0.39, 0.29) is 29.6 Å². The molecule has 1 saturated heterocycles. The van der Waals surface area contributed by atoms with Crippen molar-refractivity contribution in [1.82, 2.24) is 4.31 Å². The fourth-order valence-electron chi connectivity index (χ4n) is 4.60. The number of halogens is 3. The topological polar surface area (TPSA) is 76.8 Å². The van der Waals surface area contributed by atoms with Crippen LogP contribution < -0.4 is 4.74 Å². The van der Waals surface area contributed by atoms with Gasteiger partial charge >= 0.3 is 6.18 Å². The smallest absolute Gasteiger partial charge is 0.416 e. The Labute approximate surface area is 217 Å². The van der Waals surface area contributed by atoms with Crippen LogP contribution in [0.15, 0.2) is 88.4 Å². The van der Waals surface area contributed by atoms with Crippen molar-refractivity contribution in [1.29, 1.82) is 0 Å². The van der Waals surface area contributed by atoms with Crippen LogP contribution in [-0.4, -0.2) is 31.1 Å². The number of hydrogen-bond acceptors (Lipinski definition) is 5. The van der Waals surface area contributed by atoms with Gasteiger partial charge in [-0.1, -0.05) is 30.3 Å². The molecular formula is C28H24F3NO5S. The number of aryl methyl sites for hydroxylation is 1. The van der Waals surface area contributed by atoms with Gasteiger partial charge in [-0.25, -0.2) is 8.42 Å². The lowest BCUT2D eigenvalue weighted by Crippen LogP contribution is -2.40. The Balaban J connectivity index is 1.24. The van der Waals surface area contributed by atoms with E-state index in [1.165, 1.54) is 22.5 Å². The highest BCUT2D eigenvalue weighted by atomic mass is 32.2. The zero-order valence-electron chi connectivity index (χ0n) is 20.1. The summed E-state index contributed by atoms with van der Waals surface area (Å²) in [6.07, 6.45) is -2.93. The van der Waals surface area contributed by atoms with Gasteiger partial charge in [0.1, 0.15) is 17.1 Å². The first kappa shape index (κ1) is 26.0. The van der Waals surface area contributed by atoms with Gasteiger partial charge in [-0.2, -0.15) is 17.5 Å². The van der Waals surface area contributed by atoms with Crippen molar-refractivity contribution >= 4 is 26.8 Å². The van der Waals surface area contributed by atoms with Crippen LogP contribution in [-0.2, 0) is 27.4 Å². The van der Waals surface area contributed by atoms with Gasteiger partial charge in [-0.3, -0.25) is 4.79 Å². The van der Waals surface area contributed by atoms with Gasteiger partial charge in [0, 0.05) is 24.4 Å². The summed E-state index contributed by atoms with van der Waals surface area (Å²) in [5.41, 5.74) is 0.486. The highest BCUT2D eigenvalue weighted by Crippen LogP contribution is 2.33. The van der Waals surface area contributed by atoms with Crippen molar-refractivity contribution < 1.29 is 35.5 Å². The lowest BCUT2D eigenvalue weighted by atomic mass is 10.0. The molecule has 198 valence electrons. The van der Waals surface area contributed by atoms with Crippen molar-refractivity contribution in [3.05, 3.63) is 90.0 Å². The number of rotatable bonds is 8. The number of hydrogen-bond donors (Lipinski definition) is 0. The highest BCUT2D eigenvalue weighted by molar-refractivity contribution is 7.89. The Morgan fingerprint density at radius 3 is 2.47 bits per heavy atom. The van der Waals surface area contributed by atoms with Gasteiger partial charge in [0.05, 0.1) is 11.6 Å². The van der Waals surface area contributed by atoms with E-state index in [2.05, 4.69) is 0 Å². The number of furan rings is 1. The van der Waals surface area contributed by atoms with Crippen LogP contribution in [0.25, 0.3) is 11.0 Å². The second kappa shape index (κ2) is 10.3. The third kappa shape index (κ3) is 5.46. The molecule has 0 bridgehead atoms. The molecule has 0 unspecified atom stereocenters. The Hall–Kier alpha value is -3.63. The molecule has 38 heavy (non-hydrogen) atoms. The molecule has 0 spiro atoms.